The monoisotopic (exact) mass is 426 g/mol. The van der Waals surface area contributed by atoms with E-state index in [0.29, 0.717) is 0 Å². The van der Waals surface area contributed by atoms with Crippen LogP contribution in [-0.2, 0) is 0 Å². The molecule has 2 aliphatic heterocycles. The second-order valence-corrected chi connectivity index (χ2v) is 12.1. The minimum atomic E-state index is 1.03. The maximum Gasteiger partial charge on any atom is 0.147 e. The smallest absolute Gasteiger partial charge is 0.147 e. The van der Waals surface area contributed by atoms with Gasteiger partial charge in [0, 0.05) is 26.2 Å². The van der Waals surface area contributed by atoms with E-state index in [1.165, 1.54) is 51.4 Å². The van der Waals surface area contributed by atoms with E-state index >= 15 is 0 Å². The molecule has 23 heavy (non-hydrogen) atoms. The van der Waals surface area contributed by atoms with Crippen LogP contribution in [0.1, 0.15) is 51.4 Å². The van der Waals surface area contributed by atoms with E-state index < -0.39 is 0 Å². The topological polar surface area (TPSA) is 6.48 Å². The molecule has 0 radical (unpaired) electrons. The fourth-order valence-corrected chi connectivity index (χ4v) is 8.85. The zero-order valence-electron chi connectivity index (χ0n) is 13.5. The molecule has 0 aromatic rings. The van der Waals surface area contributed by atoms with Crippen molar-refractivity contribution < 1.29 is 0 Å². The van der Waals surface area contributed by atoms with E-state index in [4.69, 9.17) is 24.4 Å². The molecule has 2 heterocycles. The molecule has 2 fully saturated rings. The summed E-state index contributed by atoms with van der Waals surface area (Å²) in [6.45, 7) is 4.58. The maximum atomic E-state index is 5.57. The number of nitrogens with zero attached hydrogens (tertiary/aromatic N) is 2. The molecule has 8 heteroatoms. The standard InChI is InChI=1S/C15H26N2S6/c18-14(16-9-5-1-2-6-10-16)22-20-13-21-23-15(19)17-11-7-3-4-8-12-17/h1-13H2. The number of thiocarbonyl (C=S) groups is 2. The fraction of sp³-hybridized carbons (Fsp3) is 0.867. The van der Waals surface area contributed by atoms with Crippen LogP contribution in [0.3, 0.4) is 0 Å². The molecule has 132 valence electrons. The fourth-order valence-electron chi connectivity index (χ4n) is 2.78. The summed E-state index contributed by atoms with van der Waals surface area (Å²) in [5.41, 5.74) is 0. The summed E-state index contributed by atoms with van der Waals surface area (Å²) in [5, 5.41) is 1.03. The summed E-state index contributed by atoms with van der Waals surface area (Å²) in [5.74, 6) is 0. The lowest BCUT2D eigenvalue weighted by molar-refractivity contribution is 0.450. The summed E-state index contributed by atoms with van der Waals surface area (Å²) in [6, 6.07) is 0. The molecule has 2 aliphatic rings. The van der Waals surface area contributed by atoms with Crippen LogP contribution in [0.4, 0.5) is 0 Å². The Hall–Kier alpha value is 1.18. The van der Waals surface area contributed by atoms with Crippen molar-refractivity contribution in [3.8, 4) is 0 Å². The highest BCUT2D eigenvalue weighted by atomic mass is 33.1. The molecule has 2 rings (SSSR count). The van der Waals surface area contributed by atoms with Crippen molar-refractivity contribution in [1.82, 2.24) is 9.80 Å². The maximum absolute atomic E-state index is 5.57. The van der Waals surface area contributed by atoms with E-state index in [2.05, 4.69) is 9.80 Å². The van der Waals surface area contributed by atoms with Crippen molar-refractivity contribution in [2.24, 2.45) is 0 Å². The van der Waals surface area contributed by atoms with Gasteiger partial charge in [-0.2, -0.15) is 0 Å². The highest BCUT2D eigenvalue weighted by Crippen LogP contribution is 2.35. The lowest BCUT2D eigenvalue weighted by atomic mass is 10.2. The molecule has 2 saturated heterocycles. The van der Waals surface area contributed by atoms with E-state index in [9.17, 15) is 0 Å². The molecular formula is C15H26N2S6. The van der Waals surface area contributed by atoms with Crippen molar-refractivity contribution in [1.29, 1.82) is 0 Å². The van der Waals surface area contributed by atoms with Crippen molar-refractivity contribution in [3.63, 3.8) is 0 Å². The minimum absolute atomic E-state index is 1.03. The van der Waals surface area contributed by atoms with Gasteiger partial charge in [-0.3, -0.25) is 0 Å². The minimum Gasteiger partial charge on any atom is -0.357 e. The van der Waals surface area contributed by atoms with Crippen molar-refractivity contribution in [2.45, 2.75) is 51.4 Å². The van der Waals surface area contributed by atoms with Crippen LogP contribution in [-0.4, -0.2) is 49.7 Å². The van der Waals surface area contributed by atoms with Crippen molar-refractivity contribution >= 4 is 76.3 Å². The third-order valence-corrected chi connectivity index (χ3v) is 10.9. The quantitative estimate of drug-likeness (QED) is 0.230. The van der Waals surface area contributed by atoms with Gasteiger partial charge in [0.15, 0.2) is 0 Å². The van der Waals surface area contributed by atoms with Gasteiger partial charge in [0.1, 0.15) is 8.64 Å². The Morgan fingerprint density at radius 2 is 0.957 bits per heavy atom. The Morgan fingerprint density at radius 3 is 1.30 bits per heavy atom. The van der Waals surface area contributed by atoms with Crippen LogP contribution in [0.25, 0.3) is 0 Å². The Labute approximate surface area is 167 Å². The predicted molar refractivity (Wildman–Crippen MR) is 121 cm³/mol. The summed E-state index contributed by atoms with van der Waals surface area (Å²) in [6.07, 6.45) is 10.6. The van der Waals surface area contributed by atoms with E-state index in [-0.39, 0.29) is 0 Å². The van der Waals surface area contributed by atoms with Gasteiger partial charge in [0.05, 0.1) is 5.08 Å². The van der Waals surface area contributed by atoms with Crippen LogP contribution in [0, 0.1) is 0 Å². The zero-order chi connectivity index (χ0) is 16.3. The first-order chi connectivity index (χ1) is 11.3. The molecule has 0 spiro atoms. The molecule has 0 aromatic heterocycles. The Balaban J connectivity index is 1.54. The second-order valence-electron chi connectivity index (χ2n) is 5.85. The largest absolute Gasteiger partial charge is 0.357 e. The molecule has 0 atom stereocenters. The van der Waals surface area contributed by atoms with E-state index in [1.54, 1.807) is 21.6 Å². The van der Waals surface area contributed by atoms with Crippen LogP contribution in [0.15, 0.2) is 0 Å². The zero-order valence-corrected chi connectivity index (χ0v) is 18.4. The molecule has 0 N–H and O–H groups in total. The normalized spacial score (nSPS) is 20.0. The first-order valence-electron chi connectivity index (χ1n) is 8.44. The van der Waals surface area contributed by atoms with Crippen LogP contribution < -0.4 is 0 Å². The third kappa shape index (κ3) is 8.40. The molecule has 0 saturated carbocycles. The van der Waals surface area contributed by atoms with Gasteiger partial charge in [-0.1, -0.05) is 71.7 Å². The van der Waals surface area contributed by atoms with Gasteiger partial charge in [0.25, 0.3) is 0 Å². The van der Waals surface area contributed by atoms with Crippen molar-refractivity contribution in [2.75, 3.05) is 31.3 Å². The molecule has 2 nitrogen and oxygen atoms in total. The van der Waals surface area contributed by atoms with Gasteiger partial charge < -0.3 is 9.80 Å². The first-order valence-corrected chi connectivity index (χ1v) is 13.9. The summed E-state index contributed by atoms with van der Waals surface area (Å²) < 4.78 is 2.13. The Kier molecular flexibility index (Phi) is 11.2. The first kappa shape index (κ1) is 20.5. The average Bonchev–Trinajstić information content (AvgIpc) is 2.99. The van der Waals surface area contributed by atoms with Crippen LogP contribution in [0.2, 0.25) is 0 Å². The van der Waals surface area contributed by atoms with Crippen molar-refractivity contribution in [3.05, 3.63) is 0 Å². The van der Waals surface area contributed by atoms with Gasteiger partial charge in [-0.05, 0) is 47.3 Å². The highest BCUT2D eigenvalue weighted by Gasteiger charge is 2.14. The highest BCUT2D eigenvalue weighted by molar-refractivity contribution is 8.91. The summed E-state index contributed by atoms with van der Waals surface area (Å²) in [4.78, 5) is 4.78. The lowest BCUT2D eigenvalue weighted by Crippen LogP contribution is -2.27. The van der Waals surface area contributed by atoms with Crippen LogP contribution >= 0.6 is 67.6 Å². The Bertz CT molecular complexity index is 329. The average molecular weight is 427 g/mol. The molecule has 0 aliphatic carbocycles. The third-order valence-electron chi connectivity index (χ3n) is 4.09. The molecule has 0 unspecified atom stereocenters. The number of rotatable bonds is 4. The molecule has 0 aromatic carbocycles. The summed E-state index contributed by atoms with van der Waals surface area (Å²) in [7, 11) is 7.24. The second kappa shape index (κ2) is 12.5. The van der Waals surface area contributed by atoms with E-state index in [0.717, 1.165) is 39.9 Å². The number of hydrogen-bond donors (Lipinski definition) is 0. The SMILES string of the molecule is S=C(SSCSSC(=S)N1CCCCCC1)N1CCCCCC1. The summed E-state index contributed by atoms with van der Waals surface area (Å²) >= 11 is 11.1. The van der Waals surface area contributed by atoms with Gasteiger partial charge in [0.2, 0.25) is 0 Å². The van der Waals surface area contributed by atoms with E-state index in [1.807, 2.05) is 21.6 Å². The van der Waals surface area contributed by atoms with Crippen LogP contribution in [0.5, 0.6) is 0 Å². The number of likely N-dealkylation sites (tertiary alicyclic amines) is 2. The Morgan fingerprint density at radius 1 is 0.609 bits per heavy atom. The van der Waals surface area contributed by atoms with Gasteiger partial charge in [-0.25, -0.2) is 0 Å². The van der Waals surface area contributed by atoms with Gasteiger partial charge >= 0.3 is 0 Å². The predicted octanol–water partition coefficient (Wildman–Crippen LogP) is 6.03. The van der Waals surface area contributed by atoms with Gasteiger partial charge in [-0.15, -0.1) is 0 Å². The molecular weight excluding hydrogens is 401 g/mol. The lowest BCUT2D eigenvalue weighted by Gasteiger charge is -2.22. The molecule has 0 amide bonds. The number of hydrogen-bond acceptors (Lipinski definition) is 6. The molecule has 0 bridgehead atoms.